The van der Waals surface area contributed by atoms with Crippen LogP contribution < -0.4 is 5.32 Å². The number of rotatable bonds is 7. The first-order chi connectivity index (χ1) is 9.02. The summed E-state index contributed by atoms with van der Waals surface area (Å²) in [5, 5.41) is 3.25. The minimum atomic E-state index is 0.184. The smallest absolute Gasteiger partial charge is 0.236 e. The maximum absolute atomic E-state index is 11.9. The first-order valence-corrected chi connectivity index (χ1v) is 7.34. The molecule has 1 N–H and O–H groups in total. The second-order valence-corrected chi connectivity index (χ2v) is 5.60. The largest absolute Gasteiger partial charge is 0.378 e. The lowest BCUT2D eigenvalue weighted by atomic mass is 10.2. The van der Waals surface area contributed by atoms with Gasteiger partial charge in [0, 0.05) is 38.3 Å². The molecule has 0 bridgehead atoms. The van der Waals surface area contributed by atoms with Crippen LogP contribution in [-0.4, -0.2) is 73.7 Å². The van der Waals surface area contributed by atoms with Gasteiger partial charge in [0.1, 0.15) is 0 Å². The summed E-state index contributed by atoms with van der Waals surface area (Å²) in [7, 11) is 0. The molecule has 0 aromatic rings. The average molecular weight is 271 g/mol. The molecule has 5 heteroatoms. The Balaban J connectivity index is 2.17. The van der Waals surface area contributed by atoms with Gasteiger partial charge in [-0.15, -0.1) is 0 Å². The number of hydrogen-bond acceptors (Lipinski definition) is 4. The van der Waals surface area contributed by atoms with Crippen LogP contribution in [0.2, 0.25) is 0 Å². The summed E-state index contributed by atoms with van der Waals surface area (Å²) in [6.07, 6.45) is 0. The van der Waals surface area contributed by atoms with E-state index in [0.29, 0.717) is 31.8 Å². The molecule has 112 valence electrons. The highest BCUT2D eigenvalue weighted by atomic mass is 16.5. The van der Waals surface area contributed by atoms with Crippen LogP contribution in [-0.2, 0) is 9.53 Å². The summed E-state index contributed by atoms with van der Waals surface area (Å²) >= 11 is 0. The first-order valence-electron chi connectivity index (χ1n) is 7.34. The maximum atomic E-state index is 11.9. The molecule has 1 rings (SSSR count). The van der Waals surface area contributed by atoms with E-state index in [1.165, 1.54) is 0 Å². The number of morpholine rings is 1. The number of nitrogens with zero attached hydrogens (tertiary/aromatic N) is 2. The number of hydrogen-bond donors (Lipinski definition) is 1. The second-order valence-electron chi connectivity index (χ2n) is 5.60. The van der Waals surface area contributed by atoms with E-state index in [4.69, 9.17) is 4.74 Å². The minimum Gasteiger partial charge on any atom is -0.378 e. The quantitative estimate of drug-likeness (QED) is 0.687. The van der Waals surface area contributed by atoms with E-state index in [9.17, 15) is 4.79 Å². The third-order valence-corrected chi connectivity index (χ3v) is 3.51. The monoisotopic (exact) mass is 271 g/mol. The SMILES string of the molecule is CC(C)N(CCNCC(=O)N1CCOCC1)C(C)C. The van der Waals surface area contributed by atoms with Gasteiger partial charge in [-0.2, -0.15) is 0 Å². The normalized spacial score (nSPS) is 16.7. The average Bonchev–Trinajstić information content (AvgIpc) is 2.38. The summed E-state index contributed by atoms with van der Waals surface area (Å²) in [5.41, 5.74) is 0. The molecular weight excluding hydrogens is 242 g/mol. The van der Waals surface area contributed by atoms with E-state index in [1.54, 1.807) is 0 Å². The Hall–Kier alpha value is -0.650. The molecule has 1 saturated heterocycles. The van der Waals surface area contributed by atoms with E-state index < -0.39 is 0 Å². The van der Waals surface area contributed by atoms with E-state index in [0.717, 1.165) is 26.2 Å². The summed E-state index contributed by atoms with van der Waals surface area (Å²) < 4.78 is 5.24. The third kappa shape index (κ3) is 5.89. The van der Waals surface area contributed by atoms with Gasteiger partial charge in [0.25, 0.3) is 0 Å². The molecule has 1 aliphatic rings. The van der Waals surface area contributed by atoms with Crippen LogP contribution in [0.1, 0.15) is 27.7 Å². The molecule has 1 aliphatic heterocycles. The number of carbonyl (C=O) groups is 1. The lowest BCUT2D eigenvalue weighted by molar-refractivity contribution is -0.134. The van der Waals surface area contributed by atoms with Crippen LogP contribution in [0.25, 0.3) is 0 Å². The predicted octanol–water partition coefficient (Wildman–Crippen LogP) is 0.554. The van der Waals surface area contributed by atoms with Gasteiger partial charge in [-0.3, -0.25) is 9.69 Å². The fourth-order valence-corrected chi connectivity index (χ4v) is 2.44. The Labute approximate surface area is 117 Å². The van der Waals surface area contributed by atoms with Gasteiger partial charge in [0.05, 0.1) is 19.8 Å². The third-order valence-electron chi connectivity index (χ3n) is 3.51. The molecule has 19 heavy (non-hydrogen) atoms. The van der Waals surface area contributed by atoms with Crippen LogP contribution in [0.15, 0.2) is 0 Å². The number of nitrogens with one attached hydrogen (secondary N) is 1. The van der Waals surface area contributed by atoms with Crippen molar-refractivity contribution in [2.75, 3.05) is 45.9 Å². The van der Waals surface area contributed by atoms with Gasteiger partial charge in [-0.05, 0) is 27.7 Å². The lowest BCUT2D eigenvalue weighted by Crippen LogP contribution is -2.46. The molecule has 0 atom stereocenters. The molecule has 0 aromatic heterocycles. The van der Waals surface area contributed by atoms with Crippen LogP contribution in [0.3, 0.4) is 0 Å². The van der Waals surface area contributed by atoms with E-state index in [-0.39, 0.29) is 5.91 Å². The van der Waals surface area contributed by atoms with Gasteiger partial charge < -0.3 is 15.0 Å². The summed E-state index contributed by atoms with van der Waals surface area (Å²) in [6, 6.07) is 1.08. The molecule has 1 heterocycles. The van der Waals surface area contributed by atoms with Crippen LogP contribution in [0, 0.1) is 0 Å². The Morgan fingerprint density at radius 3 is 2.32 bits per heavy atom. The molecule has 1 amide bonds. The Bertz CT molecular complexity index is 255. The molecular formula is C14H29N3O2. The molecule has 0 unspecified atom stereocenters. The lowest BCUT2D eigenvalue weighted by Gasteiger charge is -2.31. The molecule has 0 aliphatic carbocycles. The number of carbonyl (C=O) groups excluding carboxylic acids is 1. The maximum Gasteiger partial charge on any atom is 0.236 e. The first kappa shape index (κ1) is 16.4. The fraction of sp³-hybridized carbons (Fsp3) is 0.929. The minimum absolute atomic E-state index is 0.184. The van der Waals surface area contributed by atoms with Crippen LogP contribution in [0.4, 0.5) is 0 Å². The number of ether oxygens (including phenoxy) is 1. The van der Waals surface area contributed by atoms with Crippen molar-refractivity contribution in [1.82, 2.24) is 15.1 Å². The van der Waals surface area contributed by atoms with Gasteiger partial charge in [-0.25, -0.2) is 0 Å². The zero-order valence-electron chi connectivity index (χ0n) is 12.8. The zero-order chi connectivity index (χ0) is 14.3. The van der Waals surface area contributed by atoms with Crippen molar-refractivity contribution < 1.29 is 9.53 Å². The highest BCUT2D eigenvalue weighted by Crippen LogP contribution is 2.03. The topological polar surface area (TPSA) is 44.8 Å². The second kappa shape index (κ2) is 8.51. The number of amides is 1. The van der Waals surface area contributed by atoms with Gasteiger partial charge in [0.15, 0.2) is 0 Å². The van der Waals surface area contributed by atoms with Crippen molar-refractivity contribution in [3.05, 3.63) is 0 Å². The molecule has 0 spiro atoms. The Morgan fingerprint density at radius 2 is 1.79 bits per heavy atom. The standard InChI is InChI=1S/C14H29N3O2/c1-12(2)17(13(3)4)6-5-15-11-14(18)16-7-9-19-10-8-16/h12-13,15H,5-11H2,1-4H3. The predicted molar refractivity (Wildman–Crippen MR) is 77.2 cm³/mol. The van der Waals surface area contributed by atoms with Crippen LogP contribution in [0.5, 0.6) is 0 Å². The van der Waals surface area contributed by atoms with E-state index in [1.807, 2.05) is 4.90 Å². The summed E-state index contributed by atoms with van der Waals surface area (Å²) in [6.45, 7) is 13.9. The Kier molecular flexibility index (Phi) is 7.34. The van der Waals surface area contributed by atoms with Crippen molar-refractivity contribution in [1.29, 1.82) is 0 Å². The summed E-state index contributed by atoms with van der Waals surface area (Å²) in [4.78, 5) is 16.2. The van der Waals surface area contributed by atoms with Gasteiger partial charge in [-0.1, -0.05) is 0 Å². The molecule has 1 fully saturated rings. The summed E-state index contributed by atoms with van der Waals surface area (Å²) in [5.74, 6) is 0.184. The van der Waals surface area contributed by atoms with Gasteiger partial charge in [0.2, 0.25) is 5.91 Å². The van der Waals surface area contributed by atoms with E-state index in [2.05, 4.69) is 37.9 Å². The molecule has 0 aromatic carbocycles. The molecule has 5 nitrogen and oxygen atoms in total. The highest BCUT2D eigenvalue weighted by Gasteiger charge is 2.16. The zero-order valence-corrected chi connectivity index (χ0v) is 12.8. The van der Waals surface area contributed by atoms with Crippen molar-refractivity contribution in [2.24, 2.45) is 0 Å². The Morgan fingerprint density at radius 1 is 1.21 bits per heavy atom. The van der Waals surface area contributed by atoms with E-state index >= 15 is 0 Å². The van der Waals surface area contributed by atoms with Gasteiger partial charge >= 0.3 is 0 Å². The fourth-order valence-electron chi connectivity index (χ4n) is 2.44. The van der Waals surface area contributed by atoms with Crippen molar-refractivity contribution in [3.8, 4) is 0 Å². The van der Waals surface area contributed by atoms with Crippen molar-refractivity contribution in [2.45, 2.75) is 39.8 Å². The molecule has 0 saturated carbocycles. The van der Waals surface area contributed by atoms with Crippen molar-refractivity contribution >= 4 is 5.91 Å². The molecule has 0 radical (unpaired) electrons. The highest BCUT2D eigenvalue weighted by molar-refractivity contribution is 5.78. The van der Waals surface area contributed by atoms with Crippen LogP contribution >= 0.6 is 0 Å². The van der Waals surface area contributed by atoms with Crippen molar-refractivity contribution in [3.63, 3.8) is 0 Å².